The van der Waals surface area contributed by atoms with Gasteiger partial charge in [0.25, 0.3) is 5.91 Å². The van der Waals surface area contributed by atoms with Gasteiger partial charge in [0.15, 0.2) is 5.17 Å². The van der Waals surface area contributed by atoms with E-state index in [0.717, 1.165) is 49.8 Å². The number of rotatable bonds is 2. The van der Waals surface area contributed by atoms with Gasteiger partial charge in [-0.05, 0) is 68.3 Å². The van der Waals surface area contributed by atoms with Crippen LogP contribution in [-0.4, -0.2) is 29.1 Å². The second-order valence-electron chi connectivity index (χ2n) is 8.66. The fourth-order valence-electron chi connectivity index (χ4n) is 4.61. The zero-order valence-corrected chi connectivity index (χ0v) is 20.9. The molecule has 2 aromatic rings. The van der Waals surface area contributed by atoms with E-state index >= 15 is 0 Å². The fraction of sp³-hybridized carbons (Fsp3) is 0.360. The van der Waals surface area contributed by atoms with Crippen molar-refractivity contribution in [1.82, 2.24) is 4.90 Å². The van der Waals surface area contributed by atoms with Gasteiger partial charge in [-0.15, -0.1) is 0 Å². The quantitative estimate of drug-likeness (QED) is 0.421. The van der Waals surface area contributed by atoms with Crippen molar-refractivity contribution in [3.05, 3.63) is 62.5 Å². The van der Waals surface area contributed by atoms with Crippen LogP contribution in [0.15, 0.2) is 56.2 Å². The Kier molecular flexibility index (Phi) is 6.03. The second-order valence-corrected chi connectivity index (χ2v) is 11.1. The van der Waals surface area contributed by atoms with Crippen LogP contribution in [-0.2, 0) is 4.79 Å². The molecule has 1 saturated carbocycles. The van der Waals surface area contributed by atoms with Gasteiger partial charge in [-0.3, -0.25) is 9.69 Å². The van der Waals surface area contributed by atoms with Crippen LogP contribution in [0.4, 0.5) is 11.4 Å². The van der Waals surface area contributed by atoms with Crippen LogP contribution < -0.4 is 4.90 Å². The van der Waals surface area contributed by atoms with Crippen LogP contribution >= 0.6 is 35.1 Å². The Morgan fingerprint density at radius 1 is 1.03 bits per heavy atom. The van der Waals surface area contributed by atoms with Crippen molar-refractivity contribution in [3.8, 4) is 0 Å². The number of amidine groups is 1. The van der Waals surface area contributed by atoms with E-state index in [0.29, 0.717) is 5.02 Å². The van der Waals surface area contributed by atoms with Gasteiger partial charge < -0.3 is 4.90 Å². The minimum Gasteiger partial charge on any atom is -0.337 e. The number of aliphatic imine (C=N–C) groups is 1. The van der Waals surface area contributed by atoms with Crippen LogP contribution in [0, 0.1) is 13.8 Å². The van der Waals surface area contributed by atoms with E-state index in [2.05, 4.69) is 36.9 Å². The summed E-state index contributed by atoms with van der Waals surface area (Å²) in [6.45, 7) is 4.17. The molecule has 2 fully saturated rings. The maximum Gasteiger partial charge on any atom is 0.269 e. The number of benzene rings is 2. The largest absolute Gasteiger partial charge is 0.337 e. The standard InChI is InChI=1S/C25H26ClN3OS2/c1-15-9-11-19(16(2)13-15)27-25-29(18-7-5-4-6-8-18)23(30)22(32-25)24-28(3)20-14-17(26)10-12-21(20)31-24/h9-14,18H,4-8H2,1-3H3/b24-22-,27-25?. The van der Waals surface area contributed by atoms with Gasteiger partial charge in [0.2, 0.25) is 0 Å². The van der Waals surface area contributed by atoms with Crippen molar-refractivity contribution in [3.63, 3.8) is 0 Å². The van der Waals surface area contributed by atoms with Crippen LogP contribution in [0.5, 0.6) is 0 Å². The van der Waals surface area contributed by atoms with Crippen LogP contribution in [0.1, 0.15) is 43.2 Å². The van der Waals surface area contributed by atoms with Gasteiger partial charge in [-0.2, -0.15) is 0 Å². The number of thioether (sulfide) groups is 2. The lowest BCUT2D eigenvalue weighted by Crippen LogP contribution is -2.40. The second kappa shape index (κ2) is 8.81. The number of hydrogen-bond donors (Lipinski definition) is 0. The Labute approximate surface area is 203 Å². The molecule has 0 N–H and O–H groups in total. The SMILES string of the molecule is Cc1ccc(N=C2S/C(=C3\Sc4ccc(Cl)cc4N3C)C(=O)N2C2CCCCC2)c(C)c1. The predicted molar refractivity (Wildman–Crippen MR) is 137 cm³/mol. The molecule has 0 unspecified atom stereocenters. The van der Waals surface area contributed by atoms with Crippen LogP contribution in [0.2, 0.25) is 5.02 Å². The van der Waals surface area contributed by atoms with E-state index in [-0.39, 0.29) is 11.9 Å². The highest BCUT2D eigenvalue weighted by atomic mass is 35.5. The monoisotopic (exact) mass is 483 g/mol. The third-order valence-electron chi connectivity index (χ3n) is 6.31. The minimum atomic E-state index is 0.0821. The first-order chi connectivity index (χ1) is 15.4. The van der Waals surface area contributed by atoms with Gasteiger partial charge in [-0.1, -0.05) is 60.3 Å². The molecule has 0 aromatic heterocycles. The number of hydrogen-bond acceptors (Lipinski definition) is 5. The van der Waals surface area contributed by atoms with Gasteiger partial charge in [-0.25, -0.2) is 4.99 Å². The maximum absolute atomic E-state index is 13.8. The lowest BCUT2D eigenvalue weighted by Gasteiger charge is -2.30. The summed E-state index contributed by atoms with van der Waals surface area (Å²) in [4.78, 5) is 24.8. The molecule has 2 heterocycles. The highest BCUT2D eigenvalue weighted by Gasteiger charge is 2.42. The number of anilines is 1. The number of carbonyl (C=O) groups is 1. The molecular formula is C25H26ClN3OS2. The Morgan fingerprint density at radius 3 is 2.56 bits per heavy atom. The summed E-state index contributed by atoms with van der Waals surface area (Å²) in [5, 5.41) is 2.47. The van der Waals surface area contributed by atoms with Gasteiger partial charge in [0.1, 0.15) is 4.91 Å². The Bertz CT molecular complexity index is 1150. The molecule has 1 aliphatic carbocycles. The average Bonchev–Trinajstić information content (AvgIpc) is 3.27. The zero-order chi connectivity index (χ0) is 22.4. The first-order valence-corrected chi connectivity index (χ1v) is 13.1. The fourth-order valence-corrected chi connectivity index (χ4v) is 7.15. The molecule has 32 heavy (non-hydrogen) atoms. The summed E-state index contributed by atoms with van der Waals surface area (Å²) < 4.78 is 0. The molecule has 4 nitrogen and oxygen atoms in total. The number of halogens is 1. The van der Waals surface area contributed by atoms with Crippen molar-refractivity contribution < 1.29 is 4.79 Å². The van der Waals surface area contributed by atoms with Crippen molar-refractivity contribution in [2.45, 2.75) is 56.9 Å². The smallest absolute Gasteiger partial charge is 0.269 e. The molecule has 3 aliphatic rings. The maximum atomic E-state index is 13.8. The number of amides is 1. The predicted octanol–water partition coefficient (Wildman–Crippen LogP) is 7.26. The van der Waals surface area contributed by atoms with E-state index in [4.69, 9.17) is 16.6 Å². The lowest BCUT2D eigenvalue weighted by atomic mass is 9.94. The zero-order valence-electron chi connectivity index (χ0n) is 18.5. The molecule has 1 amide bonds. The molecule has 1 saturated heterocycles. The van der Waals surface area contributed by atoms with Crippen molar-refractivity contribution in [2.24, 2.45) is 4.99 Å². The van der Waals surface area contributed by atoms with Crippen molar-refractivity contribution >= 4 is 57.6 Å². The molecule has 0 bridgehead atoms. The molecule has 2 aromatic carbocycles. The topological polar surface area (TPSA) is 35.9 Å². The van der Waals surface area contributed by atoms with E-state index in [1.165, 1.54) is 36.6 Å². The molecule has 166 valence electrons. The summed E-state index contributed by atoms with van der Waals surface area (Å²) in [7, 11) is 2.01. The number of fused-ring (bicyclic) bond motifs is 1. The molecule has 0 radical (unpaired) electrons. The van der Waals surface area contributed by atoms with E-state index in [1.54, 1.807) is 11.8 Å². The third-order valence-corrected chi connectivity index (χ3v) is 8.95. The van der Waals surface area contributed by atoms with Gasteiger partial charge in [0.05, 0.1) is 16.4 Å². The molecule has 2 aliphatic heterocycles. The first-order valence-electron chi connectivity index (χ1n) is 11.0. The molecule has 7 heteroatoms. The van der Waals surface area contributed by atoms with E-state index < -0.39 is 0 Å². The summed E-state index contributed by atoms with van der Waals surface area (Å²) >= 11 is 9.39. The van der Waals surface area contributed by atoms with Gasteiger partial charge in [0, 0.05) is 23.0 Å². The minimum absolute atomic E-state index is 0.0821. The van der Waals surface area contributed by atoms with Crippen LogP contribution in [0.25, 0.3) is 0 Å². The molecular weight excluding hydrogens is 458 g/mol. The van der Waals surface area contributed by atoms with Crippen molar-refractivity contribution in [2.75, 3.05) is 11.9 Å². The molecule has 5 rings (SSSR count). The Hall–Kier alpha value is -1.89. The van der Waals surface area contributed by atoms with Gasteiger partial charge >= 0.3 is 0 Å². The third kappa shape index (κ3) is 3.97. The van der Waals surface area contributed by atoms with E-state index in [9.17, 15) is 4.79 Å². The van der Waals surface area contributed by atoms with Crippen molar-refractivity contribution in [1.29, 1.82) is 0 Å². The Morgan fingerprint density at radius 2 is 1.81 bits per heavy atom. The highest BCUT2D eigenvalue weighted by molar-refractivity contribution is 8.19. The number of aryl methyl sites for hydroxylation is 2. The summed E-state index contributed by atoms with van der Waals surface area (Å²) in [5.41, 5.74) is 4.32. The summed E-state index contributed by atoms with van der Waals surface area (Å²) in [6, 6.07) is 12.4. The Balaban J connectivity index is 1.57. The number of nitrogens with zero attached hydrogens (tertiary/aromatic N) is 3. The lowest BCUT2D eigenvalue weighted by molar-refractivity contribution is -0.124. The van der Waals surface area contributed by atoms with E-state index in [1.807, 2.05) is 30.1 Å². The molecule has 0 spiro atoms. The molecule has 0 atom stereocenters. The normalized spacial score (nSPS) is 22.9. The number of carbonyl (C=O) groups excluding carboxylic acids is 1. The summed E-state index contributed by atoms with van der Waals surface area (Å²) in [5.74, 6) is 0.0821. The highest BCUT2D eigenvalue weighted by Crippen LogP contribution is 2.51. The summed E-state index contributed by atoms with van der Waals surface area (Å²) in [6.07, 6.45) is 5.66. The average molecular weight is 484 g/mol. The van der Waals surface area contributed by atoms with Crippen LogP contribution in [0.3, 0.4) is 0 Å². The first kappa shape index (κ1) is 21.9.